The molecule has 1 fully saturated rings. The van der Waals surface area contributed by atoms with Gasteiger partial charge in [0.2, 0.25) is 18.4 Å². The molecule has 3 heterocycles. The van der Waals surface area contributed by atoms with Gasteiger partial charge >= 0.3 is 0 Å². The molecule has 228 valence electrons. The van der Waals surface area contributed by atoms with Crippen LogP contribution in [-0.4, -0.2) is 93.5 Å². The molecule has 41 heavy (non-hydrogen) atoms. The lowest BCUT2D eigenvalue weighted by Crippen LogP contribution is -2.52. The molecule has 0 bridgehead atoms. The zero-order chi connectivity index (χ0) is 31.0. The Morgan fingerprint density at radius 2 is 2.07 bits per heavy atom. The second-order valence-corrected chi connectivity index (χ2v) is 11.8. The van der Waals surface area contributed by atoms with Crippen LogP contribution in [0.15, 0.2) is 11.1 Å². The summed E-state index contributed by atoms with van der Waals surface area (Å²) >= 11 is 0. The molecule has 15 heteroatoms. The van der Waals surface area contributed by atoms with Crippen LogP contribution in [0.5, 0.6) is 0 Å². The summed E-state index contributed by atoms with van der Waals surface area (Å²) in [5.41, 5.74) is -0.337. The van der Waals surface area contributed by atoms with Crippen LogP contribution in [0, 0.1) is 12.5 Å². The van der Waals surface area contributed by atoms with E-state index in [2.05, 4.69) is 25.1 Å². The summed E-state index contributed by atoms with van der Waals surface area (Å²) in [7, 11) is -1.74. The van der Waals surface area contributed by atoms with Crippen LogP contribution < -0.4 is 10.9 Å². The minimum atomic E-state index is -1.74. The smallest absolute Gasteiger partial charge is 0.280 e. The molecule has 1 saturated heterocycles. The van der Waals surface area contributed by atoms with E-state index in [4.69, 9.17) is 26.5 Å². The van der Waals surface area contributed by atoms with Crippen molar-refractivity contribution in [2.75, 3.05) is 38.4 Å². The van der Waals surface area contributed by atoms with E-state index in [1.165, 1.54) is 6.33 Å². The van der Waals surface area contributed by atoms with Crippen molar-refractivity contribution in [3.63, 3.8) is 0 Å². The number of nitrogens with one attached hydrogen (secondary N) is 2. The number of halogens is 1. The van der Waals surface area contributed by atoms with E-state index in [-0.39, 0.29) is 74.3 Å². The number of aromatic nitrogens is 4. The maximum absolute atomic E-state index is 13.5. The van der Waals surface area contributed by atoms with E-state index in [0.717, 1.165) is 0 Å². The van der Waals surface area contributed by atoms with Crippen molar-refractivity contribution in [2.45, 2.75) is 84.9 Å². The van der Waals surface area contributed by atoms with E-state index in [1.54, 1.807) is 18.4 Å². The summed E-state index contributed by atoms with van der Waals surface area (Å²) in [5.74, 6) is -0.708. The Labute approximate surface area is 242 Å². The van der Waals surface area contributed by atoms with Gasteiger partial charge in [-0.2, -0.15) is 4.98 Å². The first kappa shape index (κ1) is 31.4. The molecule has 3 rings (SSSR count). The number of hydrogen-bond donors (Lipinski definition) is 2. The Kier molecular flexibility index (Phi) is 11.6. The Bertz CT molecular complexity index is 1260. The van der Waals surface area contributed by atoms with Gasteiger partial charge in [0.25, 0.3) is 14.1 Å². The van der Waals surface area contributed by atoms with E-state index in [9.17, 15) is 14.0 Å². The summed E-state index contributed by atoms with van der Waals surface area (Å²) in [6, 6.07) is -0.627. The number of amides is 1. The molecular formula is C26H41FN7O6P. The minimum absolute atomic E-state index is 0.0250. The van der Waals surface area contributed by atoms with Gasteiger partial charge < -0.3 is 27.9 Å². The highest BCUT2D eigenvalue weighted by molar-refractivity contribution is 7.44. The molecule has 0 spiro atoms. The number of anilines is 1. The van der Waals surface area contributed by atoms with Crippen LogP contribution in [0.1, 0.15) is 55.9 Å². The van der Waals surface area contributed by atoms with Gasteiger partial charge in [-0.05, 0) is 34.6 Å². The topological polar surface area (TPSA) is 137 Å². The molecule has 2 N–H and O–H groups in total. The lowest BCUT2D eigenvalue weighted by molar-refractivity contribution is -0.165. The molecule has 0 saturated carbocycles. The number of carbonyl (C=O) groups is 1. The Balaban J connectivity index is 2.05. The number of alkyl halides is 1. The van der Waals surface area contributed by atoms with E-state index in [0.29, 0.717) is 0 Å². The monoisotopic (exact) mass is 598 g/mol. The predicted molar refractivity (Wildman–Crippen MR) is 153 cm³/mol. The van der Waals surface area contributed by atoms with E-state index in [1.807, 2.05) is 32.4 Å². The lowest BCUT2D eigenvalue weighted by atomic mass is 9.98. The number of hydrogen-bond acceptors (Lipinski definition) is 9. The number of carbonyl (C=O) groups excluding carboxylic acids is 1. The molecule has 2 aromatic rings. The van der Waals surface area contributed by atoms with Crippen molar-refractivity contribution in [2.24, 2.45) is 5.92 Å². The number of aromatic amines is 1. The molecule has 2 aromatic heterocycles. The van der Waals surface area contributed by atoms with Crippen molar-refractivity contribution in [1.82, 2.24) is 24.2 Å². The second kappa shape index (κ2) is 15.1. The summed E-state index contributed by atoms with van der Waals surface area (Å²) in [4.78, 5) is 39.7. The van der Waals surface area contributed by atoms with Crippen LogP contribution >= 0.6 is 8.53 Å². The minimum Gasteiger partial charge on any atom is -0.373 e. The molecule has 1 aliphatic heterocycles. The van der Waals surface area contributed by atoms with Crippen molar-refractivity contribution in [3.8, 4) is 0 Å². The third kappa shape index (κ3) is 8.06. The highest BCUT2D eigenvalue weighted by atomic mass is 31.2. The third-order valence-electron chi connectivity index (χ3n) is 6.36. The summed E-state index contributed by atoms with van der Waals surface area (Å²) in [6.45, 7) is 17.8. The quantitative estimate of drug-likeness (QED) is 0.189. The molecular weight excluding hydrogens is 556 g/mol. The van der Waals surface area contributed by atoms with E-state index >= 15 is 0 Å². The number of imidazole rings is 1. The fourth-order valence-electron chi connectivity index (χ4n) is 4.48. The number of fused-ring (bicyclic) bond motifs is 1. The number of H-pyrrole nitrogens is 1. The molecule has 1 unspecified atom stereocenters. The molecule has 1 amide bonds. The zero-order valence-corrected chi connectivity index (χ0v) is 25.3. The molecule has 0 aromatic carbocycles. The lowest BCUT2D eigenvalue weighted by Gasteiger charge is -2.44. The van der Waals surface area contributed by atoms with Crippen molar-refractivity contribution in [1.29, 1.82) is 0 Å². The normalized spacial score (nSPS) is 22.4. The van der Waals surface area contributed by atoms with Crippen LogP contribution in [0.2, 0.25) is 0 Å². The number of rotatable bonds is 14. The van der Waals surface area contributed by atoms with Crippen molar-refractivity contribution in [3.05, 3.63) is 28.1 Å². The molecule has 5 atom stereocenters. The first-order valence-electron chi connectivity index (χ1n) is 14.3. The zero-order valence-electron chi connectivity index (χ0n) is 25.4. The number of nitrogens with zero attached hydrogens (tertiary/aromatic N) is 5. The Hall–Kier alpha value is -2.53. The first-order valence-corrected chi connectivity index (χ1v) is 14.7. The van der Waals surface area contributed by atoms with Crippen LogP contribution in [0.4, 0.5) is 10.3 Å². The van der Waals surface area contributed by atoms with Crippen molar-refractivity contribution < 1.29 is 29.1 Å². The van der Waals surface area contributed by atoms with Gasteiger partial charge in [0.15, 0.2) is 11.2 Å². The largest absolute Gasteiger partial charge is 0.373 e. The predicted octanol–water partition coefficient (Wildman–Crippen LogP) is 3.70. The van der Waals surface area contributed by atoms with Crippen LogP contribution in [0.3, 0.4) is 0 Å². The molecule has 13 nitrogen and oxygen atoms in total. The summed E-state index contributed by atoms with van der Waals surface area (Å²) in [6.07, 6.45) is -1.02. The third-order valence-corrected chi connectivity index (χ3v) is 8.49. The average molecular weight is 599 g/mol. The fourth-order valence-corrected chi connectivity index (χ4v) is 6.24. The first-order chi connectivity index (χ1) is 20.0. The van der Waals surface area contributed by atoms with E-state index < -0.39 is 45.1 Å². The molecule has 0 aliphatic carbocycles. The Morgan fingerprint density at radius 3 is 2.68 bits per heavy atom. The van der Waals surface area contributed by atoms with Crippen molar-refractivity contribution >= 4 is 31.5 Å². The highest BCUT2D eigenvalue weighted by Crippen LogP contribution is 2.49. The van der Waals surface area contributed by atoms with Gasteiger partial charge in [0.05, 0.1) is 31.7 Å². The molecule has 1 aliphatic rings. The summed E-state index contributed by atoms with van der Waals surface area (Å²) < 4.78 is 50.1. The SMILES string of the molecule is [2H]C[C@H]1OC[C@@H](n2cnc3c(=O)[nH]c(NC(=O)C(C)C)nc32)[C@H](OCCF)[C@@H]1OP(OCC[N+]#[C-])N(C(C)C)C(C)C. The number of ether oxygens (including phenoxy) is 2. The summed E-state index contributed by atoms with van der Waals surface area (Å²) in [5, 5.41) is 2.60. The Morgan fingerprint density at radius 1 is 1.34 bits per heavy atom. The van der Waals surface area contributed by atoms with Gasteiger partial charge in [0, 0.05) is 19.4 Å². The van der Waals surface area contributed by atoms with Crippen LogP contribution in [0.25, 0.3) is 16.0 Å². The standard InChI is InChI=1S/C26H41FN7O6P/c1-15(2)24(35)31-26-30-23-20(25(36)32-26)29-14-33(23)19-13-38-18(7)21(22(19)37-11-9-27)40-41(39-12-10-28-8)34(16(3)4)17(5)6/h14-19,21-22H,9-13H2,1-7H3,(H2,30,31,32,35,36)/t18-,19-,21-,22+,41?/m1/s1/i7D. The van der Waals surface area contributed by atoms with Gasteiger partial charge in [0.1, 0.15) is 25.5 Å². The van der Waals surface area contributed by atoms with Gasteiger partial charge in [-0.1, -0.05) is 13.8 Å². The second-order valence-electron chi connectivity index (χ2n) is 10.4. The highest BCUT2D eigenvalue weighted by Gasteiger charge is 2.45. The average Bonchev–Trinajstić information content (AvgIpc) is 3.35. The fraction of sp³-hybridized carbons (Fsp3) is 0.731. The molecule has 0 radical (unpaired) electrons. The van der Waals surface area contributed by atoms with Gasteiger partial charge in [-0.15, -0.1) is 0 Å². The van der Waals surface area contributed by atoms with Crippen LogP contribution in [-0.2, 0) is 23.3 Å². The van der Waals surface area contributed by atoms with Gasteiger partial charge in [-0.25, -0.2) is 20.6 Å². The maximum Gasteiger partial charge on any atom is 0.280 e. The van der Waals surface area contributed by atoms with Gasteiger partial charge in [-0.3, -0.25) is 19.9 Å². The maximum atomic E-state index is 13.5.